The Morgan fingerprint density at radius 3 is 2.80 bits per heavy atom. The second-order valence-corrected chi connectivity index (χ2v) is 6.97. The second kappa shape index (κ2) is 5.65. The summed E-state index contributed by atoms with van der Waals surface area (Å²) >= 11 is 7.50. The molecule has 25 heavy (non-hydrogen) atoms. The van der Waals surface area contributed by atoms with Gasteiger partial charge in [-0.15, -0.1) is 16.4 Å². The van der Waals surface area contributed by atoms with Gasteiger partial charge in [-0.25, -0.2) is 14.5 Å². The molecule has 0 amide bonds. The van der Waals surface area contributed by atoms with Crippen LogP contribution in [0.15, 0.2) is 54.4 Å². The minimum Gasteiger partial charge on any atom is -0.267 e. The first-order chi connectivity index (χ1) is 12.3. The van der Waals surface area contributed by atoms with Crippen molar-refractivity contribution in [3.05, 3.63) is 65.0 Å². The average molecular weight is 367 g/mol. The Hall–Kier alpha value is -2.77. The summed E-state index contributed by atoms with van der Waals surface area (Å²) in [6.07, 6.45) is 5.15. The van der Waals surface area contributed by atoms with E-state index in [1.165, 1.54) is 0 Å². The van der Waals surface area contributed by atoms with Crippen LogP contribution in [0.25, 0.3) is 27.3 Å². The van der Waals surface area contributed by atoms with Gasteiger partial charge in [-0.05, 0) is 17.0 Å². The topological polar surface area (TPSA) is 60.9 Å². The zero-order valence-electron chi connectivity index (χ0n) is 12.9. The average Bonchev–Trinajstić information content (AvgIpc) is 3.33. The fourth-order valence-electron chi connectivity index (χ4n) is 2.76. The van der Waals surface area contributed by atoms with Crippen LogP contribution in [-0.2, 0) is 6.54 Å². The summed E-state index contributed by atoms with van der Waals surface area (Å²) in [5.74, 6) is 0.689. The molecule has 0 aliphatic carbocycles. The molecular formula is C17H11ClN6S. The third-order valence-corrected chi connectivity index (χ3v) is 4.98. The van der Waals surface area contributed by atoms with E-state index < -0.39 is 0 Å². The Balaban J connectivity index is 1.49. The molecule has 0 fully saturated rings. The highest BCUT2D eigenvalue weighted by atomic mass is 35.5. The Labute approximate surface area is 151 Å². The van der Waals surface area contributed by atoms with Gasteiger partial charge in [0.25, 0.3) is 0 Å². The van der Waals surface area contributed by atoms with Crippen molar-refractivity contribution in [2.45, 2.75) is 6.54 Å². The SMILES string of the molecule is Clc1cnn(Cc2ccc(-c3nc4c5ccsc5ncn4n3)cc2)c1. The monoisotopic (exact) mass is 366 g/mol. The minimum atomic E-state index is 0.638. The van der Waals surface area contributed by atoms with Crippen molar-refractivity contribution in [3.8, 4) is 11.4 Å². The maximum atomic E-state index is 5.90. The Morgan fingerprint density at radius 2 is 2.00 bits per heavy atom. The van der Waals surface area contributed by atoms with Gasteiger partial charge in [-0.2, -0.15) is 5.10 Å². The largest absolute Gasteiger partial charge is 0.267 e. The van der Waals surface area contributed by atoms with E-state index >= 15 is 0 Å². The van der Waals surface area contributed by atoms with Crippen LogP contribution in [0, 0.1) is 0 Å². The molecule has 5 rings (SSSR count). The highest BCUT2D eigenvalue weighted by Crippen LogP contribution is 2.24. The lowest BCUT2D eigenvalue weighted by Gasteiger charge is -2.02. The van der Waals surface area contributed by atoms with Crippen molar-refractivity contribution in [2.24, 2.45) is 0 Å². The van der Waals surface area contributed by atoms with Crippen LogP contribution in [0.3, 0.4) is 0 Å². The van der Waals surface area contributed by atoms with Gasteiger partial charge in [-0.1, -0.05) is 35.9 Å². The number of rotatable bonds is 3. The van der Waals surface area contributed by atoms with Crippen LogP contribution in [0.5, 0.6) is 0 Å². The summed E-state index contributed by atoms with van der Waals surface area (Å²) in [6.45, 7) is 0.672. The lowest BCUT2D eigenvalue weighted by molar-refractivity contribution is 0.687. The number of nitrogens with zero attached hydrogens (tertiary/aromatic N) is 6. The fraction of sp³-hybridized carbons (Fsp3) is 0.0588. The van der Waals surface area contributed by atoms with Crippen LogP contribution in [0.4, 0.5) is 0 Å². The first-order valence-corrected chi connectivity index (χ1v) is 8.88. The number of fused-ring (bicyclic) bond motifs is 3. The molecule has 6 nitrogen and oxygen atoms in total. The molecule has 4 heterocycles. The predicted octanol–water partition coefficient (Wildman–Crippen LogP) is 3.90. The summed E-state index contributed by atoms with van der Waals surface area (Å²) in [5.41, 5.74) is 2.93. The third kappa shape index (κ3) is 2.57. The van der Waals surface area contributed by atoms with E-state index in [1.54, 1.807) is 39.3 Å². The van der Waals surface area contributed by atoms with Gasteiger partial charge in [0, 0.05) is 11.8 Å². The lowest BCUT2D eigenvalue weighted by atomic mass is 10.1. The quantitative estimate of drug-likeness (QED) is 0.485. The molecule has 0 saturated carbocycles. The molecule has 0 unspecified atom stereocenters. The van der Waals surface area contributed by atoms with Gasteiger partial charge >= 0.3 is 0 Å². The molecule has 5 aromatic rings. The van der Waals surface area contributed by atoms with Gasteiger partial charge in [0.2, 0.25) is 0 Å². The maximum absolute atomic E-state index is 5.90. The first-order valence-electron chi connectivity index (χ1n) is 7.62. The van der Waals surface area contributed by atoms with Crippen LogP contribution in [0.1, 0.15) is 5.56 Å². The molecule has 0 aliphatic rings. The highest BCUT2D eigenvalue weighted by Gasteiger charge is 2.10. The van der Waals surface area contributed by atoms with Crippen molar-refractivity contribution < 1.29 is 0 Å². The van der Waals surface area contributed by atoms with Crippen LogP contribution >= 0.6 is 22.9 Å². The second-order valence-electron chi connectivity index (χ2n) is 5.64. The summed E-state index contributed by atoms with van der Waals surface area (Å²) in [5, 5.41) is 12.4. The smallest absolute Gasteiger partial charge is 0.182 e. The molecule has 0 saturated heterocycles. The summed E-state index contributed by atoms with van der Waals surface area (Å²) < 4.78 is 3.53. The molecule has 122 valence electrons. The molecule has 0 N–H and O–H groups in total. The summed E-state index contributed by atoms with van der Waals surface area (Å²) in [7, 11) is 0. The number of hydrogen-bond acceptors (Lipinski definition) is 5. The van der Waals surface area contributed by atoms with Gasteiger partial charge in [0.05, 0.1) is 23.2 Å². The van der Waals surface area contributed by atoms with E-state index in [0.717, 1.165) is 27.0 Å². The molecule has 0 atom stereocenters. The van der Waals surface area contributed by atoms with Crippen LogP contribution in [-0.4, -0.2) is 29.4 Å². The van der Waals surface area contributed by atoms with Gasteiger partial charge in [0.1, 0.15) is 11.2 Å². The standard InChI is InChI=1S/C17H11ClN6S/c18-13-7-20-23(9-13)8-11-1-3-12(4-2-11)15-21-16-14-5-6-25-17(14)19-10-24(16)22-15/h1-7,9-10H,8H2. The normalized spacial score (nSPS) is 11.6. The van der Waals surface area contributed by atoms with E-state index in [4.69, 9.17) is 11.6 Å². The number of aromatic nitrogens is 6. The van der Waals surface area contributed by atoms with Gasteiger partial charge in [-0.3, -0.25) is 4.68 Å². The minimum absolute atomic E-state index is 0.638. The van der Waals surface area contributed by atoms with Gasteiger partial charge in [0.15, 0.2) is 11.5 Å². The third-order valence-electron chi connectivity index (χ3n) is 3.96. The van der Waals surface area contributed by atoms with Crippen molar-refractivity contribution >= 4 is 38.8 Å². The number of hydrogen-bond donors (Lipinski definition) is 0. The zero-order chi connectivity index (χ0) is 16.8. The Bertz CT molecular complexity index is 1190. The lowest BCUT2D eigenvalue weighted by Crippen LogP contribution is -1.99. The van der Waals surface area contributed by atoms with Crippen molar-refractivity contribution in [1.82, 2.24) is 29.4 Å². The highest BCUT2D eigenvalue weighted by molar-refractivity contribution is 7.16. The Morgan fingerprint density at radius 1 is 1.12 bits per heavy atom. The molecule has 0 spiro atoms. The number of halogens is 1. The zero-order valence-corrected chi connectivity index (χ0v) is 14.4. The molecule has 0 radical (unpaired) electrons. The van der Waals surface area contributed by atoms with Crippen molar-refractivity contribution in [2.75, 3.05) is 0 Å². The number of thiophene rings is 1. The van der Waals surface area contributed by atoms with E-state index in [0.29, 0.717) is 17.4 Å². The molecule has 0 bridgehead atoms. The summed E-state index contributed by atoms with van der Waals surface area (Å²) in [6, 6.07) is 10.2. The Kier molecular flexibility index (Phi) is 3.29. The van der Waals surface area contributed by atoms with Gasteiger partial charge < -0.3 is 0 Å². The molecule has 8 heteroatoms. The fourth-order valence-corrected chi connectivity index (χ4v) is 3.64. The van der Waals surface area contributed by atoms with Crippen molar-refractivity contribution in [3.63, 3.8) is 0 Å². The molecule has 1 aromatic carbocycles. The molecule has 4 aromatic heterocycles. The maximum Gasteiger partial charge on any atom is 0.182 e. The van der Waals surface area contributed by atoms with Crippen LogP contribution in [0.2, 0.25) is 5.02 Å². The predicted molar refractivity (Wildman–Crippen MR) is 97.9 cm³/mol. The van der Waals surface area contributed by atoms with E-state index in [1.807, 2.05) is 23.6 Å². The van der Waals surface area contributed by atoms with E-state index in [2.05, 4.69) is 32.3 Å². The molecular weight excluding hydrogens is 356 g/mol. The number of benzene rings is 1. The van der Waals surface area contributed by atoms with Crippen LogP contribution < -0.4 is 0 Å². The van der Waals surface area contributed by atoms with E-state index in [9.17, 15) is 0 Å². The van der Waals surface area contributed by atoms with Crippen molar-refractivity contribution in [1.29, 1.82) is 0 Å². The molecule has 0 aliphatic heterocycles. The first kappa shape index (κ1) is 14.6. The van der Waals surface area contributed by atoms with E-state index in [-0.39, 0.29) is 0 Å². The summed E-state index contributed by atoms with van der Waals surface area (Å²) in [4.78, 5) is 10.1.